The number of fused-ring (bicyclic) bond motifs is 5. The number of hydrogen-bond donors (Lipinski definition) is 0. The van der Waals surface area contributed by atoms with Crippen molar-refractivity contribution >= 4 is 11.9 Å². The summed E-state index contributed by atoms with van der Waals surface area (Å²) in [6.07, 6.45) is 13.0. The van der Waals surface area contributed by atoms with Crippen molar-refractivity contribution in [1.82, 2.24) is 0 Å². The van der Waals surface area contributed by atoms with Crippen molar-refractivity contribution in [2.75, 3.05) is 0 Å². The van der Waals surface area contributed by atoms with E-state index < -0.39 is 0 Å². The SMILES string of the molecule is CC(=O)O[C@H]1CC2C(CC[C@@H]3C[C@H](OC(=O)c4ccccc4)CC[C@]23C)C2CC[C@H]([C@H](C)CCCC(C)C)[C@]21C. The molecule has 0 amide bonds. The quantitative estimate of drug-likeness (QED) is 0.303. The number of hydrogen-bond acceptors (Lipinski definition) is 4. The molecule has 0 radical (unpaired) electrons. The average molecular weight is 551 g/mol. The average Bonchev–Trinajstić information content (AvgIpc) is 3.28. The van der Waals surface area contributed by atoms with Gasteiger partial charge in [0.1, 0.15) is 12.2 Å². The molecule has 0 bridgehead atoms. The molecule has 1 aromatic rings. The zero-order valence-corrected chi connectivity index (χ0v) is 26.0. The molecule has 4 aliphatic carbocycles. The fourth-order valence-electron chi connectivity index (χ4n) is 10.4. The van der Waals surface area contributed by atoms with Crippen LogP contribution in [0.15, 0.2) is 30.3 Å². The van der Waals surface area contributed by atoms with Gasteiger partial charge in [-0.25, -0.2) is 4.79 Å². The summed E-state index contributed by atoms with van der Waals surface area (Å²) >= 11 is 0. The van der Waals surface area contributed by atoms with Gasteiger partial charge >= 0.3 is 11.9 Å². The van der Waals surface area contributed by atoms with Crippen LogP contribution in [0.5, 0.6) is 0 Å². The minimum atomic E-state index is -0.189. The van der Waals surface area contributed by atoms with Crippen molar-refractivity contribution in [3.05, 3.63) is 35.9 Å². The summed E-state index contributed by atoms with van der Waals surface area (Å²) in [6.45, 7) is 13.8. The van der Waals surface area contributed by atoms with E-state index in [1.807, 2.05) is 30.3 Å². The van der Waals surface area contributed by atoms with Gasteiger partial charge in [0.2, 0.25) is 0 Å². The fourth-order valence-corrected chi connectivity index (χ4v) is 10.4. The second kappa shape index (κ2) is 11.8. The van der Waals surface area contributed by atoms with Crippen LogP contribution in [0, 0.1) is 52.3 Å². The fraction of sp³-hybridized carbons (Fsp3) is 0.778. The molecular formula is C36H54O4. The second-order valence-electron chi connectivity index (χ2n) is 15.0. The highest BCUT2D eigenvalue weighted by Crippen LogP contribution is 2.69. The lowest BCUT2D eigenvalue weighted by Crippen LogP contribution is -2.59. The molecule has 0 heterocycles. The molecule has 40 heavy (non-hydrogen) atoms. The Kier molecular flexibility index (Phi) is 8.75. The van der Waals surface area contributed by atoms with E-state index in [4.69, 9.17) is 9.47 Å². The number of esters is 2. The molecule has 0 N–H and O–H groups in total. The molecule has 0 aromatic heterocycles. The lowest BCUT2D eigenvalue weighted by Gasteiger charge is -2.62. The van der Waals surface area contributed by atoms with Crippen LogP contribution in [0.4, 0.5) is 0 Å². The topological polar surface area (TPSA) is 52.6 Å². The van der Waals surface area contributed by atoms with Crippen LogP contribution in [0.25, 0.3) is 0 Å². The molecule has 4 nitrogen and oxygen atoms in total. The second-order valence-corrected chi connectivity index (χ2v) is 15.0. The Morgan fingerprint density at radius 3 is 2.35 bits per heavy atom. The van der Waals surface area contributed by atoms with Gasteiger partial charge in [-0.2, -0.15) is 0 Å². The van der Waals surface area contributed by atoms with Gasteiger partial charge < -0.3 is 9.47 Å². The van der Waals surface area contributed by atoms with Crippen molar-refractivity contribution in [3.63, 3.8) is 0 Å². The Labute approximate surface area is 243 Å². The molecule has 4 saturated carbocycles. The van der Waals surface area contributed by atoms with Crippen LogP contribution in [0.1, 0.15) is 123 Å². The van der Waals surface area contributed by atoms with E-state index in [2.05, 4.69) is 34.6 Å². The predicted octanol–water partition coefficient (Wildman–Crippen LogP) is 8.87. The number of rotatable bonds is 8. The van der Waals surface area contributed by atoms with Crippen LogP contribution in [-0.2, 0) is 14.3 Å². The van der Waals surface area contributed by atoms with Crippen LogP contribution < -0.4 is 0 Å². The summed E-state index contributed by atoms with van der Waals surface area (Å²) in [5, 5.41) is 0. The van der Waals surface area contributed by atoms with E-state index in [1.165, 1.54) is 44.9 Å². The summed E-state index contributed by atoms with van der Waals surface area (Å²) in [5.74, 6) is 4.25. The molecule has 10 atom stereocenters. The normalized spacial score (nSPS) is 39.5. The molecule has 0 saturated heterocycles. The van der Waals surface area contributed by atoms with Crippen molar-refractivity contribution in [1.29, 1.82) is 0 Å². The van der Waals surface area contributed by atoms with Gasteiger partial charge in [-0.3, -0.25) is 4.79 Å². The third-order valence-electron chi connectivity index (χ3n) is 12.5. The molecule has 5 rings (SSSR count). The summed E-state index contributed by atoms with van der Waals surface area (Å²) < 4.78 is 12.4. The highest BCUT2D eigenvalue weighted by atomic mass is 16.5. The first-order chi connectivity index (χ1) is 19.0. The zero-order valence-electron chi connectivity index (χ0n) is 26.0. The Balaban J connectivity index is 1.32. The molecular weight excluding hydrogens is 496 g/mol. The maximum atomic E-state index is 12.8. The molecule has 1 aromatic carbocycles. The minimum absolute atomic E-state index is 0.00278. The van der Waals surface area contributed by atoms with Crippen LogP contribution in [-0.4, -0.2) is 24.1 Å². The van der Waals surface area contributed by atoms with E-state index in [-0.39, 0.29) is 35.0 Å². The van der Waals surface area contributed by atoms with E-state index >= 15 is 0 Å². The zero-order chi connectivity index (χ0) is 28.7. The summed E-state index contributed by atoms with van der Waals surface area (Å²) in [7, 11) is 0. The third kappa shape index (κ3) is 5.50. The van der Waals surface area contributed by atoms with E-state index in [9.17, 15) is 9.59 Å². The number of benzene rings is 1. The van der Waals surface area contributed by atoms with Crippen molar-refractivity contribution < 1.29 is 19.1 Å². The Morgan fingerprint density at radius 1 is 0.900 bits per heavy atom. The molecule has 4 aliphatic rings. The van der Waals surface area contributed by atoms with Crippen molar-refractivity contribution in [2.45, 2.75) is 124 Å². The lowest BCUT2D eigenvalue weighted by atomic mass is 9.43. The molecule has 4 heteroatoms. The van der Waals surface area contributed by atoms with Gasteiger partial charge in [0.25, 0.3) is 0 Å². The standard InChI is InChI=1S/C36H54O4/c1-23(2)11-10-12-24(3)30-17-18-31-29-16-15-27-21-28(40-34(38)26-13-8-7-9-14-26)19-20-35(27,5)32(29)22-33(36(30,31)6)39-25(4)37/h7-9,13-14,23-24,27-33H,10-12,15-22H2,1-6H3/t24-,27-,28-,29?,30-,31?,32?,33+,35+,36-/m1/s1. The van der Waals surface area contributed by atoms with Gasteiger partial charge in [-0.05, 0) is 110 Å². The number of carbonyl (C=O) groups is 2. The Morgan fingerprint density at radius 2 is 1.65 bits per heavy atom. The molecule has 4 fully saturated rings. The molecule has 3 unspecified atom stereocenters. The number of carbonyl (C=O) groups excluding carboxylic acids is 2. The first kappa shape index (κ1) is 29.6. The highest BCUT2D eigenvalue weighted by molar-refractivity contribution is 5.89. The van der Waals surface area contributed by atoms with Gasteiger partial charge in [0.15, 0.2) is 0 Å². The first-order valence-electron chi connectivity index (χ1n) is 16.5. The Hall–Kier alpha value is -1.84. The molecule has 0 spiro atoms. The maximum Gasteiger partial charge on any atom is 0.338 e. The lowest BCUT2D eigenvalue weighted by molar-refractivity contribution is -0.196. The van der Waals surface area contributed by atoms with Gasteiger partial charge in [-0.1, -0.05) is 72.1 Å². The number of ether oxygens (including phenoxy) is 2. The van der Waals surface area contributed by atoms with Crippen LogP contribution in [0.2, 0.25) is 0 Å². The summed E-state index contributed by atoms with van der Waals surface area (Å²) in [6, 6.07) is 9.40. The van der Waals surface area contributed by atoms with E-state index in [0.29, 0.717) is 41.1 Å². The van der Waals surface area contributed by atoms with Crippen molar-refractivity contribution in [2.24, 2.45) is 52.3 Å². The Bertz CT molecular complexity index is 1030. The highest BCUT2D eigenvalue weighted by Gasteiger charge is 2.65. The molecule has 222 valence electrons. The van der Waals surface area contributed by atoms with Gasteiger partial charge in [0.05, 0.1) is 5.56 Å². The van der Waals surface area contributed by atoms with E-state index in [0.717, 1.165) is 31.6 Å². The summed E-state index contributed by atoms with van der Waals surface area (Å²) in [4.78, 5) is 25.3. The first-order valence-corrected chi connectivity index (χ1v) is 16.5. The van der Waals surface area contributed by atoms with Gasteiger partial charge in [-0.15, -0.1) is 0 Å². The summed E-state index contributed by atoms with van der Waals surface area (Å²) in [5.41, 5.74) is 0.944. The monoisotopic (exact) mass is 550 g/mol. The third-order valence-corrected chi connectivity index (χ3v) is 12.5. The van der Waals surface area contributed by atoms with E-state index in [1.54, 1.807) is 6.92 Å². The minimum Gasteiger partial charge on any atom is -0.462 e. The molecule has 0 aliphatic heterocycles. The predicted molar refractivity (Wildman–Crippen MR) is 160 cm³/mol. The maximum absolute atomic E-state index is 12.8. The van der Waals surface area contributed by atoms with Crippen LogP contribution in [0.3, 0.4) is 0 Å². The largest absolute Gasteiger partial charge is 0.462 e. The van der Waals surface area contributed by atoms with Crippen LogP contribution >= 0.6 is 0 Å². The van der Waals surface area contributed by atoms with Crippen molar-refractivity contribution in [3.8, 4) is 0 Å². The smallest absolute Gasteiger partial charge is 0.338 e. The van der Waals surface area contributed by atoms with Gasteiger partial charge in [0, 0.05) is 12.3 Å².